The lowest BCUT2D eigenvalue weighted by molar-refractivity contribution is 0.0755. The molecule has 1 heterocycles. The standard InChI is InChI=1S/C35H46F2N4O3S/c1-6-10-41(11-7-2)34(44)26-14-23(5)13-25(18-26)33(43)40-29(17-24-15-27(36)19-28(37)16-24)30(42)20-39-35(8-9-35)31-21-38-32(45-31)12-22(3)4/h13-16,18-19,21-22,29-30,39,42H,6-12,17,20H2,1-5H3,(H,40,43)/t29-,30+/m0/s1. The van der Waals surface area contributed by atoms with Crippen LogP contribution in [0.2, 0.25) is 0 Å². The minimum Gasteiger partial charge on any atom is -0.390 e. The zero-order valence-corrected chi connectivity index (χ0v) is 27.8. The Balaban J connectivity index is 1.53. The van der Waals surface area contributed by atoms with Crippen LogP contribution in [0.3, 0.4) is 0 Å². The summed E-state index contributed by atoms with van der Waals surface area (Å²) in [5, 5.41) is 18.9. The van der Waals surface area contributed by atoms with Crippen molar-refractivity contribution in [3.8, 4) is 0 Å². The number of thiazole rings is 1. The molecule has 2 aromatic carbocycles. The molecule has 1 aromatic heterocycles. The third kappa shape index (κ3) is 9.40. The summed E-state index contributed by atoms with van der Waals surface area (Å²) in [4.78, 5) is 34.4. The number of hydrogen-bond donors (Lipinski definition) is 3. The molecule has 0 spiro atoms. The number of carbonyl (C=O) groups excluding carboxylic acids is 2. The molecule has 4 rings (SSSR count). The number of aliphatic hydroxyl groups is 1. The van der Waals surface area contributed by atoms with Crippen LogP contribution in [0.5, 0.6) is 0 Å². The molecular formula is C35H46F2N4O3S. The maximum Gasteiger partial charge on any atom is 0.253 e. The molecule has 0 saturated heterocycles. The van der Waals surface area contributed by atoms with E-state index >= 15 is 0 Å². The first-order valence-electron chi connectivity index (χ1n) is 16.0. The summed E-state index contributed by atoms with van der Waals surface area (Å²) in [7, 11) is 0. The molecule has 2 atom stereocenters. The van der Waals surface area contributed by atoms with Gasteiger partial charge in [-0.3, -0.25) is 9.59 Å². The van der Waals surface area contributed by atoms with Crippen molar-refractivity contribution < 1.29 is 23.5 Å². The molecule has 7 nitrogen and oxygen atoms in total. The van der Waals surface area contributed by atoms with Crippen LogP contribution in [0, 0.1) is 24.5 Å². The van der Waals surface area contributed by atoms with Crippen LogP contribution in [-0.4, -0.2) is 58.6 Å². The van der Waals surface area contributed by atoms with Crippen molar-refractivity contribution in [1.82, 2.24) is 20.5 Å². The Morgan fingerprint density at radius 3 is 2.24 bits per heavy atom. The van der Waals surface area contributed by atoms with E-state index < -0.39 is 29.7 Å². The molecule has 10 heteroatoms. The molecule has 0 bridgehead atoms. The summed E-state index contributed by atoms with van der Waals surface area (Å²) in [6, 6.07) is 7.37. The number of aryl methyl sites for hydroxylation is 1. The van der Waals surface area contributed by atoms with Gasteiger partial charge in [0.2, 0.25) is 0 Å². The van der Waals surface area contributed by atoms with Crippen molar-refractivity contribution in [1.29, 1.82) is 0 Å². The maximum absolute atomic E-state index is 14.1. The topological polar surface area (TPSA) is 94.6 Å². The number of benzene rings is 2. The fourth-order valence-electron chi connectivity index (χ4n) is 5.65. The molecule has 0 radical (unpaired) electrons. The van der Waals surface area contributed by atoms with Gasteiger partial charge in [0.25, 0.3) is 11.8 Å². The molecule has 0 aliphatic heterocycles. The Kier molecular flexibility index (Phi) is 11.8. The number of nitrogens with zero attached hydrogens (tertiary/aromatic N) is 2. The number of rotatable bonds is 16. The van der Waals surface area contributed by atoms with E-state index in [0.29, 0.717) is 30.1 Å². The molecule has 45 heavy (non-hydrogen) atoms. The third-order valence-electron chi connectivity index (χ3n) is 8.03. The van der Waals surface area contributed by atoms with Gasteiger partial charge in [0.1, 0.15) is 11.6 Å². The Morgan fingerprint density at radius 1 is 1.00 bits per heavy atom. The zero-order chi connectivity index (χ0) is 32.7. The molecule has 2 amide bonds. The molecule has 1 aliphatic carbocycles. The summed E-state index contributed by atoms with van der Waals surface area (Å²) >= 11 is 1.68. The Bertz CT molecular complexity index is 1450. The van der Waals surface area contributed by atoms with Crippen LogP contribution in [0.15, 0.2) is 42.6 Å². The van der Waals surface area contributed by atoms with Gasteiger partial charge in [0.05, 0.1) is 22.7 Å². The first kappa shape index (κ1) is 34.7. The summed E-state index contributed by atoms with van der Waals surface area (Å²) in [6.07, 6.45) is 5.20. The smallest absolute Gasteiger partial charge is 0.253 e. The zero-order valence-electron chi connectivity index (χ0n) is 27.0. The second-order valence-corrected chi connectivity index (χ2v) is 13.8. The highest BCUT2D eigenvalue weighted by atomic mass is 32.1. The summed E-state index contributed by atoms with van der Waals surface area (Å²) in [5.41, 5.74) is 1.49. The molecule has 1 fully saturated rings. The number of nitrogens with one attached hydrogen (secondary N) is 2. The van der Waals surface area contributed by atoms with E-state index in [1.54, 1.807) is 34.4 Å². The minimum absolute atomic E-state index is 0.00768. The Morgan fingerprint density at radius 2 is 1.64 bits per heavy atom. The molecule has 3 N–H and O–H groups in total. The molecule has 1 aliphatic rings. The van der Waals surface area contributed by atoms with E-state index in [4.69, 9.17) is 0 Å². The van der Waals surface area contributed by atoms with Crippen LogP contribution < -0.4 is 10.6 Å². The molecule has 0 unspecified atom stereocenters. The summed E-state index contributed by atoms with van der Waals surface area (Å²) in [6.45, 7) is 11.6. The quantitative estimate of drug-likeness (QED) is 0.174. The summed E-state index contributed by atoms with van der Waals surface area (Å²) in [5.74, 6) is -1.57. The van der Waals surface area contributed by atoms with Gasteiger partial charge in [0.15, 0.2) is 0 Å². The van der Waals surface area contributed by atoms with Crippen molar-refractivity contribution in [3.63, 3.8) is 0 Å². The van der Waals surface area contributed by atoms with Crippen molar-refractivity contribution in [2.24, 2.45) is 5.92 Å². The fourth-order valence-corrected chi connectivity index (χ4v) is 7.00. The van der Waals surface area contributed by atoms with Crippen molar-refractivity contribution in [2.45, 2.75) is 90.8 Å². The number of hydrogen-bond acceptors (Lipinski definition) is 6. The second-order valence-electron chi connectivity index (χ2n) is 12.7. The van der Waals surface area contributed by atoms with E-state index in [2.05, 4.69) is 29.5 Å². The number of aromatic nitrogens is 1. The van der Waals surface area contributed by atoms with Crippen molar-refractivity contribution in [3.05, 3.63) is 86.4 Å². The van der Waals surface area contributed by atoms with Crippen molar-refractivity contribution >= 4 is 23.2 Å². The van der Waals surface area contributed by atoms with Crippen LogP contribution in [0.25, 0.3) is 0 Å². The largest absolute Gasteiger partial charge is 0.390 e. The van der Waals surface area contributed by atoms with Gasteiger partial charge in [-0.05, 0) is 86.4 Å². The second kappa shape index (κ2) is 15.4. The predicted molar refractivity (Wildman–Crippen MR) is 175 cm³/mol. The average molecular weight is 641 g/mol. The first-order valence-corrected chi connectivity index (χ1v) is 16.8. The number of amides is 2. The van der Waals surface area contributed by atoms with Gasteiger partial charge in [0, 0.05) is 54.3 Å². The first-order chi connectivity index (χ1) is 21.4. The molecule has 244 valence electrons. The lowest BCUT2D eigenvalue weighted by atomic mass is 9.99. The fraction of sp³-hybridized carbons (Fsp3) is 0.514. The van der Waals surface area contributed by atoms with Crippen LogP contribution in [0.1, 0.15) is 95.1 Å². The lowest BCUT2D eigenvalue weighted by Gasteiger charge is -2.27. The van der Waals surface area contributed by atoms with Gasteiger partial charge in [-0.25, -0.2) is 13.8 Å². The lowest BCUT2D eigenvalue weighted by Crippen LogP contribution is -2.50. The number of aliphatic hydroxyl groups excluding tert-OH is 1. The minimum atomic E-state index is -1.07. The van der Waals surface area contributed by atoms with Crippen LogP contribution in [-0.2, 0) is 18.4 Å². The van der Waals surface area contributed by atoms with Crippen LogP contribution in [0.4, 0.5) is 8.78 Å². The van der Waals surface area contributed by atoms with E-state index in [1.807, 2.05) is 27.0 Å². The normalized spacial score (nSPS) is 15.1. The number of halogens is 2. The Hall–Kier alpha value is -3.21. The van der Waals surface area contributed by atoms with Crippen LogP contribution >= 0.6 is 11.3 Å². The van der Waals surface area contributed by atoms with E-state index in [0.717, 1.165) is 53.6 Å². The summed E-state index contributed by atoms with van der Waals surface area (Å²) < 4.78 is 28.2. The average Bonchev–Trinajstić information content (AvgIpc) is 3.63. The molecule has 3 aromatic rings. The Labute approximate surface area is 269 Å². The predicted octanol–water partition coefficient (Wildman–Crippen LogP) is 6.17. The van der Waals surface area contributed by atoms with E-state index in [1.165, 1.54) is 12.1 Å². The van der Waals surface area contributed by atoms with Gasteiger partial charge in [-0.15, -0.1) is 11.3 Å². The highest BCUT2D eigenvalue weighted by Gasteiger charge is 2.46. The van der Waals surface area contributed by atoms with Gasteiger partial charge < -0.3 is 20.6 Å². The maximum atomic E-state index is 14.1. The monoisotopic (exact) mass is 640 g/mol. The third-order valence-corrected chi connectivity index (χ3v) is 9.25. The highest BCUT2D eigenvalue weighted by Crippen LogP contribution is 2.47. The van der Waals surface area contributed by atoms with Gasteiger partial charge in [-0.2, -0.15) is 0 Å². The van der Waals surface area contributed by atoms with E-state index in [-0.39, 0.29) is 30.0 Å². The van der Waals surface area contributed by atoms with Gasteiger partial charge >= 0.3 is 0 Å². The number of carbonyl (C=O) groups is 2. The SMILES string of the molecule is CCCN(CCC)C(=O)c1cc(C)cc(C(=O)N[C@@H](Cc2cc(F)cc(F)c2)[C@H](O)CNC2(c3cnc(CC(C)C)s3)CC2)c1. The van der Waals surface area contributed by atoms with E-state index in [9.17, 15) is 23.5 Å². The van der Waals surface area contributed by atoms with Gasteiger partial charge in [-0.1, -0.05) is 27.7 Å². The molecular weight excluding hydrogens is 594 g/mol. The molecule has 1 saturated carbocycles. The van der Waals surface area contributed by atoms with Crippen molar-refractivity contribution in [2.75, 3.05) is 19.6 Å². The highest BCUT2D eigenvalue weighted by molar-refractivity contribution is 7.11.